The van der Waals surface area contributed by atoms with E-state index in [9.17, 15) is 9.59 Å². The highest BCUT2D eigenvalue weighted by atomic mass is 16.5. The van der Waals surface area contributed by atoms with Crippen LogP contribution in [0, 0.1) is 11.3 Å². The van der Waals surface area contributed by atoms with Crippen molar-refractivity contribution in [2.45, 2.75) is 20.0 Å². The van der Waals surface area contributed by atoms with Gasteiger partial charge in [0.05, 0.1) is 11.6 Å². The third kappa shape index (κ3) is 3.84. The van der Waals surface area contributed by atoms with E-state index in [1.807, 2.05) is 49.4 Å². The molecule has 4 aromatic rings. The van der Waals surface area contributed by atoms with Crippen LogP contribution in [0.4, 0.5) is 0 Å². The number of ether oxygens (including phenoxy) is 1. The zero-order valence-electron chi connectivity index (χ0n) is 16.1. The molecule has 30 heavy (non-hydrogen) atoms. The Kier molecular flexibility index (Phi) is 5.14. The molecule has 4 rings (SSSR count). The first-order valence-corrected chi connectivity index (χ1v) is 9.36. The van der Waals surface area contributed by atoms with Crippen LogP contribution in [0.5, 0.6) is 6.01 Å². The van der Waals surface area contributed by atoms with Crippen LogP contribution in [-0.4, -0.2) is 9.97 Å². The third-order valence-electron chi connectivity index (χ3n) is 4.68. The molecular formula is C23H17N3O4. The van der Waals surface area contributed by atoms with Crippen molar-refractivity contribution in [3.63, 3.8) is 0 Å². The van der Waals surface area contributed by atoms with Crippen LogP contribution in [-0.2, 0) is 13.0 Å². The minimum atomic E-state index is -0.560. The third-order valence-corrected chi connectivity index (χ3v) is 4.68. The first-order valence-electron chi connectivity index (χ1n) is 9.36. The lowest BCUT2D eigenvalue weighted by atomic mass is 10.0. The number of hydrogen-bond acceptors (Lipinski definition) is 6. The summed E-state index contributed by atoms with van der Waals surface area (Å²) in [6.07, 6.45) is 0.507. The molecule has 7 heteroatoms. The Balaban J connectivity index is 1.61. The van der Waals surface area contributed by atoms with Gasteiger partial charge in [-0.2, -0.15) is 10.2 Å². The van der Waals surface area contributed by atoms with Crippen molar-refractivity contribution >= 4 is 11.1 Å². The molecule has 0 aliphatic heterocycles. The Hall–Kier alpha value is -4.18. The summed E-state index contributed by atoms with van der Waals surface area (Å²) < 4.78 is 10.7. The second-order valence-electron chi connectivity index (χ2n) is 6.68. The van der Waals surface area contributed by atoms with Crippen molar-refractivity contribution in [1.29, 1.82) is 5.26 Å². The summed E-state index contributed by atoms with van der Waals surface area (Å²) in [5, 5.41) is 9.34. The first-order chi connectivity index (χ1) is 14.6. The summed E-state index contributed by atoms with van der Waals surface area (Å²) in [5.74, 6) is 0. The molecule has 0 unspecified atom stereocenters. The second kappa shape index (κ2) is 8.05. The topological polar surface area (TPSA) is 109 Å². The van der Waals surface area contributed by atoms with Gasteiger partial charge in [0.2, 0.25) is 5.71 Å². The van der Waals surface area contributed by atoms with Crippen molar-refractivity contribution in [2.24, 2.45) is 0 Å². The summed E-state index contributed by atoms with van der Waals surface area (Å²) in [7, 11) is 0. The van der Waals surface area contributed by atoms with Crippen molar-refractivity contribution in [3.8, 4) is 23.2 Å². The quantitative estimate of drug-likeness (QED) is 0.550. The average Bonchev–Trinajstić information content (AvgIpc) is 2.77. The van der Waals surface area contributed by atoms with Gasteiger partial charge in [-0.25, -0.2) is 4.79 Å². The van der Waals surface area contributed by atoms with E-state index in [1.165, 1.54) is 6.07 Å². The standard InChI is InChI=1S/C23H17N3O4/c1-2-16-11-19(27)30-22-20(16)21(28)25-23(26-22)29-13-15-6-4-8-18(10-15)17-7-3-5-14(9-17)12-24/h3-11H,2,13H2,1H3,(H,25,26,28). The molecule has 0 aliphatic rings. The Morgan fingerprint density at radius 1 is 1.10 bits per heavy atom. The van der Waals surface area contributed by atoms with Crippen molar-refractivity contribution in [1.82, 2.24) is 9.97 Å². The van der Waals surface area contributed by atoms with E-state index in [2.05, 4.69) is 16.0 Å². The van der Waals surface area contributed by atoms with E-state index >= 15 is 0 Å². The van der Waals surface area contributed by atoms with Crippen LogP contribution in [0.25, 0.3) is 22.2 Å². The maximum Gasteiger partial charge on any atom is 0.337 e. The number of nitriles is 1. The van der Waals surface area contributed by atoms with Gasteiger partial charge in [-0.1, -0.05) is 37.3 Å². The van der Waals surface area contributed by atoms with Crippen molar-refractivity contribution < 1.29 is 9.15 Å². The molecule has 148 valence electrons. The van der Waals surface area contributed by atoms with Crippen LogP contribution in [0.2, 0.25) is 0 Å². The molecule has 2 heterocycles. The number of rotatable bonds is 5. The molecule has 0 bridgehead atoms. The number of hydrogen-bond donors (Lipinski definition) is 1. The summed E-state index contributed by atoms with van der Waals surface area (Å²) >= 11 is 0. The maximum absolute atomic E-state index is 12.4. The number of H-pyrrole nitrogens is 1. The molecule has 1 N–H and O–H groups in total. The van der Waals surface area contributed by atoms with Gasteiger partial charge in [0.1, 0.15) is 12.0 Å². The Bertz CT molecular complexity index is 1400. The molecule has 7 nitrogen and oxygen atoms in total. The minimum absolute atomic E-state index is 0.0271. The molecule has 0 atom stereocenters. The van der Waals surface area contributed by atoms with Gasteiger partial charge in [0.15, 0.2) is 0 Å². The second-order valence-corrected chi connectivity index (χ2v) is 6.68. The number of aromatic amines is 1. The van der Waals surface area contributed by atoms with Gasteiger partial charge in [0.25, 0.3) is 11.6 Å². The summed E-state index contributed by atoms with van der Waals surface area (Å²) in [5.41, 5.74) is 2.84. The normalized spacial score (nSPS) is 10.7. The van der Waals surface area contributed by atoms with E-state index in [0.717, 1.165) is 16.7 Å². The zero-order valence-corrected chi connectivity index (χ0v) is 16.1. The first kappa shape index (κ1) is 19.2. The lowest BCUT2D eigenvalue weighted by molar-refractivity contribution is 0.279. The molecule has 2 aromatic carbocycles. The molecule has 0 aliphatic carbocycles. The van der Waals surface area contributed by atoms with Crippen LogP contribution < -0.4 is 15.9 Å². The fourth-order valence-corrected chi connectivity index (χ4v) is 3.24. The zero-order chi connectivity index (χ0) is 21.1. The van der Waals surface area contributed by atoms with Gasteiger partial charge in [-0.15, -0.1) is 0 Å². The van der Waals surface area contributed by atoms with Gasteiger partial charge in [-0.05, 0) is 46.9 Å². The van der Waals surface area contributed by atoms with Gasteiger partial charge < -0.3 is 9.15 Å². The molecule has 0 spiro atoms. The van der Waals surface area contributed by atoms with Gasteiger partial charge in [-0.3, -0.25) is 9.78 Å². The predicted molar refractivity (Wildman–Crippen MR) is 111 cm³/mol. The Labute approximate surface area is 171 Å². The SMILES string of the molecule is CCc1cc(=O)oc2nc(OCc3cccc(-c4cccc(C#N)c4)c3)[nH]c(=O)c12. The molecule has 0 radical (unpaired) electrons. The number of aryl methyl sites for hydroxylation is 1. The largest absolute Gasteiger partial charge is 0.460 e. The van der Waals surface area contributed by atoms with E-state index < -0.39 is 11.2 Å². The number of aromatic nitrogens is 2. The maximum atomic E-state index is 12.4. The number of nitrogens with zero attached hydrogens (tertiary/aromatic N) is 2. The highest BCUT2D eigenvalue weighted by molar-refractivity contribution is 5.75. The van der Waals surface area contributed by atoms with Crippen LogP contribution in [0.1, 0.15) is 23.6 Å². The fraction of sp³-hybridized carbons (Fsp3) is 0.130. The lowest BCUT2D eigenvalue weighted by Crippen LogP contribution is -2.15. The molecule has 0 saturated heterocycles. The van der Waals surface area contributed by atoms with E-state index in [1.54, 1.807) is 6.07 Å². The average molecular weight is 399 g/mol. The molecule has 0 saturated carbocycles. The summed E-state index contributed by atoms with van der Waals surface area (Å²) in [6, 6.07) is 18.4. The van der Waals surface area contributed by atoms with Crippen LogP contribution in [0.15, 0.2) is 68.6 Å². The summed E-state index contributed by atoms with van der Waals surface area (Å²) in [4.78, 5) is 30.9. The van der Waals surface area contributed by atoms with Crippen LogP contribution in [0.3, 0.4) is 0 Å². The molecule has 0 amide bonds. The smallest absolute Gasteiger partial charge is 0.337 e. The van der Waals surface area contributed by atoms with Gasteiger partial charge in [0, 0.05) is 6.07 Å². The summed E-state index contributed by atoms with van der Waals surface area (Å²) in [6.45, 7) is 2.00. The van der Waals surface area contributed by atoms with E-state index in [0.29, 0.717) is 17.5 Å². The molecule has 0 fully saturated rings. The Morgan fingerprint density at radius 3 is 2.63 bits per heavy atom. The van der Waals surface area contributed by atoms with E-state index in [-0.39, 0.29) is 23.7 Å². The van der Waals surface area contributed by atoms with Crippen molar-refractivity contribution in [3.05, 3.63) is 92.1 Å². The van der Waals surface area contributed by atoms with Crippen LogP contribution >= 0.6 is 0 Å². The highest BCUT2D eigenvalue weighted by Gasteiger charge is 2.12. The lowest BCUT2D eigenvalue weighted by Gasteiger charge is -2.08. The number of fused-ring (bicyclic) bond motifs is 1. The molecule has 2 aromatic heterocycles. The Morgan fingerprint density at radius 2 is 1.87 bits per heavy atom. The minimum Gasteiger partial charge on any atom is -0.460 e. The number of benzene rings is 2. The predicted octanol–water partition coefficient (Wildman–Crippen LogP) is 3.56. The number of nitrogens with one attached hydrogen (secondary N) is 1. The molecular weight excluding hydrogens is 382 g/mol. The van der Waals surface area contributed by atoms with Gasteiger partial charge >= 0.3 is 5.63 Å². The van der Waals surface area contributed by atoms with E-state index in [4.69, 9.17) is 14.4 Å². The fourth-order valence-electron chi connectivity index (χ4n) is 3.24. The van der Waals surface area contributed by atoms with Crippen molar-refractivity contribution in [2.75, 3.05) is 0 Å². The highest BCUT2D eigenvalue weighted by Crippen LogP contribution is 2.22. The monoisotopic (exact) mass is 399 g/mol.